The molecule has 2 heterocycles. The predicted molar refractivity (Wildman–Crippen MR) is 91.6 cm³/mol. The van der Waals surface area contributed by atoms with Crippen molar-refractivity contribution in [3.8, 4) is 0 Å². The number of carbonyl (C=O) groups excluding carboxylic acids is 1. The topological polar surface area (TPSA) is 84.9 Å². The van der Waals surface area contributed by atoms with Gasteiger partial charge in [-0.3, -0.25) is 4.79 Å². The highest BCUT2D eigenvalue weighted by Gasteiger charge is 2.24. The van der Waals surface area contributed by atoms with Crippen molar-refractivity contribution in [3.63, 3.8) is 0 Å². The van der Waals surface area contributed by atoms with Crippen LogP contribution in [0.25, 0.3) is 0 Å². The quantitative estimate of drug-likeness (QED) is 0.798. The first-order valence-electron chi connectivity index (χ1n) is 8.49. The lowest BCUT2D eigenvalue weighted by Gasteiger charge is -2.29. The number of benzene rings is 1. The Hall–Kier alpha value is -1.48. The first kappa shape index (κ1) is 18.3. The smallest absolute Gasteiger partial charge is 0.248 e. The van der Waals surface area contributed by atoms with Crippen molar-refractivity contribution in [1.82, 2.24) is 9.62 Å². The summed E-state index contributed by atoms with van der Waals surface area (Å²) in [5.74, 6) is -0.0853. The van der Waals surface area contributed by atoms with E-state index in [1.165, 1.54) is 7.11 Å². The minimum atomic E-state index is -3.59. The van der Waals surface area contributed by atoms with E-state index in [1.54, 1.807) is 17.0 Å². The van der Waals surface area contributed by atoms with Crippen molar-refractivity contribution in [2.24, 2.45) is 0 Å². The molecule has 138 valence electrons. The molecule has 1 amide bonds. The Morgan fingerprint density at radius 2 is 2.24 bits per heavy atom. The number of methoxy groups -OCH3 is 1. The van der Waals surface area contributed by atoms with Gasteiger partial charge in [0.1, 0.15) is 6.61 Å². The van der Waals surface area contributed by atoms with E-state index in [1.807, 2.05) is 6.07 Å². The van der Waals surface area contributed by atoms with Gasteiger partial charge in [0.25, 0.3) is 0 Å². The molecule has 1 N–H and O–H groups in total. The molecular weight excluding hydrogens is 344 g/mol. The molecule has 0 unspecified atom stereocenters. The molecular formula is C17H24N2O5S. The number of rotatable bonds is 6. The summed E-state index contributed by atoms with van der Waals surface area (Å²) in [7, 11) is -2.10. The normalized spacial score (nSPS) is 20.5. The summed E-state index contributed by atoms with van der Waals surface area (Å²) in [6.45, 7) is 2.05. The Balaban J connectivity index is 1.71. The molecule has 2 aliphatic rings. The molecule has 25 heavy (non-hydrogen) atoms. The van der Waals surface area contributed by atoms with Gasteiger partial charge in [-0.15, -0.1) is 0 Å². The molecule has 0 aromatic heterocycles. The van der Waals surface area contributed by atoms with Gasteiger partial charge in [0.2, 0.25) is 15.9 Å². The van der Waals surface area contributed by atoms with Crippen molar-refractivity contribution in [3.05, 3.63) is 29.3 Å². The minimum Gasteiger partial charge on any atom is -0.377 e. The Kier molecular flexibility index (Phi) is 5.73. The summed E-state index contributed by atoms with van der Waals surface area (Å²) in [5.41, 5.74) is 1.95. The maximum Gasteiger partial charge on any atom is 0.248 e. The number of fused-ring (bicyclic) bond motifs is 1. The van der Waals surface area contributed by atoms with Crippen LogP contribution in [0.5, 0.6) is 0 Å². The fourth-order valence-electron chi connectivity index (χ4n) is 3.22. The number of amides is 1. The molecule has 7 nitrogen and oxygen atoms in total. The van der Waals surface area contributed by atoms with E-state index in [4.69, 9.17) is 9.47 Å². The van der Waals surface area contributed by atoms with Gasteiger partial charge in [0, 0.05) is 33.4 Å². The molecule has 8 heteroatoms. The van der Waals surface area contributed by atoms with Crippen LogP contribution >= 0.6 is 0 Å². The molecule has 1 fully saturated rings. The molecule has 0 bridgehead atoms. The maximum atomic E-state index is 12.5. The number of ether oxygens (including phenoxy) is 2. The highest BCUT2D eigenvalue weighted by Crippen LogP contribution is 2.23. The zero-order chi connectivity index (χ0) is 17.9. The summed E-state index contributed by atoms with van der Waals surface area (Å²) in [6, 6.07) is 5.14. The van der Waals surface area contributed by atoms with Crippen LogP contribution in [0.1, 0.15) is 24.0 Å². The average Bonchev–Trinajstić information content (AvgIpc) is 3.13. The number of nitrogens with zero attached hydrogens (tertiary/aromatic N) is 1. The van der Waals surface area contributed by atoms with E-state index in [-0.39, 0.29) is 30.1 Å². The van der Waals surface area contributed by atoms with Crippen LogP contribution in [-0.4, -0.2) is 58.7 Å². The minimum absolute atomic E-state index is 0.0380. The van der Waals surface area contributed by atoms with Crippen LogP contribution in [-0.2, 0) is 37.3 Å². The monoisotopic (exact) mass is 368 g/mol. The van der Waals surface area contributed by atoms with E-state index in [2.05, 4.69) is 4.72 Å². The third kappa shape index (κ3) is 4.38. The van der Waals surface area contributed by atoms with Crippen LogP contribution in [0.3, 0.4) is 0 Å². The van der Waals surface area contributed by atoms with Crippen molar-refractivity contribution in [2.45, 2.75) is 36.8 Å². The van der Waals surface area contributed by atoms with Crippen LogP contribution in [0.15, 0.2) is 23.1 Å². The second-order valence-corrected chi connectivity index (χ2v) is 8.18. The first-order valence-corrected chi connectivity index (χ1v) is 9.97. The zero-order valence-electron chi connectivity index (χ0n) is 14.4. The Morgan fingerprint density at radius 1 is 1.40 bits per heavy atom. The fourth-order valence-corrected chi connectivity index (χ4v) is 4.34. The number of hydrogen-bond acceptors (Lipinski definition) is 5. The third-order valence-corrected chi connectivity index (χ3v) is 6.07. The van der Waals surface area contributed by atoms with Crippen molar-refractivity contribution in [1.29, 1.82) is 0 Å². The molecule has 1 aromatic carbocycles. The molecule has 1 saturated heterocycles. The molecule has 0 aliphatic carbocycles. The second-order valence-electron chi connectivity index (χ2n) is 6.42. The van der Waals surface area contributed by atoms with Gasteiger partial charge in [-0.2, -0.15) is 0 Å². The molecule has 1 atom stereocenters. The van der Waals surface area contributed by atoms with Gasteiger partial charge in [0.05, 0.1) is 11.0 Å². The lowest BCUT2D eigenvalue weighted by Crippen LogP contribution is -2.38. The van der Waals surface area contributed by atoms with Crippen LogP contribution in [0, 0.1) is 0 Å². The Bertz CT molecular complexity index is 729. The third-order valence-electron chi connectivity index (χ3n) is 4.65. The van der Waals surface area contributed by atoms with Gasteiger partial charge in [-0.1, -0.05) is 6.07 Å². The summed E-state index contributed by atoms with van der Waals surface area (Å²) in [4.78, 5) is 13.9. The number of sulfonamides is 1. The molecule has 1 aromatic rings. The largest absolute Gasteiger partial charge is 0.377 e. The molecule has 0 radical (unpaired) electrons. The SMILES string of the molecule is COCC(=O)N1CCc2ccc(S(=O)(=O)NC[C@@H]3CCCO3)cc2C1. The van der Waals surface area contributed by atoms with Crippen molar-refractivity contribution < 1.29 is 22.7 Å². The molecule has 0 saturated carbocycles. The van der Waals surface area contributed by atoms with Crippen molar-refractivity contribution in [2.75, 3.05) is 33.4 Å². The summed E-state index contributed by atoms with van der Waals surface area (Å²) >= 11 is 0. The lowest BCUT2D eigenvalue weighted by molar-refractivity contribution is -0.136. The first-order chi connectivity index (χ1) is 12.0. The Morgan fingerprint density at radius 3 is 2.96 bits per heavy atom. The molecule has 3 rings (SSSR count). The lowest BCUT2D eigenvalue weighted by atomic mass is 10.00. The standard InChI is InChI=1S/C17H24N2O5S/c1-23-12-17(20)19-7-6-13-4-5-16(9-14(13)11-19)25(21,22)18-10-15-3-2-8-24-15/h4-5,9,15,18H,2-3,6-8,10-12H2,1H3/t15-/m0/s1. The number of carbonyl (C=O) groups is 1. The van der Waals surface area contributed by atoms with Crippen LogP contribution in [0.4, 0.5) is 0 Å². The van der Waals surface area contributed by atoms with Gasteiger partial charge in [-0.05, 0) is 42.5 Å². The van der Waals surface area contributed by atoms with Crippen molar-refractivity contribution >= 4 is 15.9 Å². The van der Waals surface area contributed by atoms with E-state index in [9.17, 15) is 13.2 Å². The van der Waals surface area contributed by atoms with Gasteiger partial charge < -0.3 is 14.4 Å². The van der Waals surface area contributed by atoms with E-state index >= 15 is 0 Å². The molecule has 2 aliphatic heterocycles. The van der Waals surface area contributed by atoms with E-state index in [0.29, 0.717) is 26.1 Å². The molecule has 0 spiro atoms. The summed E-state index contributed by atoms with van der Waals surface area (Å²) in [6.07, 6.45) is 2.52. The Labute approximate surface area is 148 Å². The van der Waals surface area contributed by atoms with Crippen LogP contribution in [0.2, 0.25) is 0 Å². The van der Waals surface area contributed by atoms with Crippen LogP contribution < -0.4 is 4.72 Å². The average molecular weight is 368 g/mol. The zero-order valence-corrected chi connectivity index (χ0v) is 15.2. The number of hydrogen-bond donors (Lipinski definition) is 1. The van der Waals surface area contributed by atoms with Gasteiger partial charge in [0.15, 0.2) is 0 Å². The van der Waals surface area contributed by atoms with E-state index < -0.39 is 10.0 Å². The second kappa shape index (κ2) is 7.82. The predicted octanol–water partition coefficient (Wildman–Crippen LogP) is 0.675. The maximum absolute atomic E-state index is 12.5. The fraction of sp³-hybridized carbons (Fsp3) is 0.588. The van der Waals surface area contributed by atoms with Gasteiger partial charge in [-0.25, -0.2) is 13.1 Å². The highest BCUT2D eigenvalue weighted by atomic mass is 32.2. The van der Waals surface area contributed by atoms with E-state index in [0.717, 1.165) is 24.0 Å². The summed E-state index contributed by atoms with van der Waals surface area (Å²) in [5, 5.41) is 0. The summed E-state index contributed by atoms with van der Waals surface area (Å²) < 4.78 is 38.0. The highest BCUT2D eigenvalue weighted by molar-refractivity contribution is 7.89. The van der Waals surface area contributed by atoms with Gasteiger partial charge >= 0.3 is 0 Å². The number of nitrogens with one attached hydrogen (secondary N) is 1.